The van der Waals surface area contributed by atoms with Gasteiger partial charge in [0, 0.05) is 18.0 Å². The van der Waals surface area contributed by atoms with E-state index in [0.717, 1.165) is 25.9 Å². The van der Waals surface area contributed by atoms with E-state index in [4.69, 9.17) is 5.11 Å². The van der Waals surface area contributed by atoms with E-state index in [2.05, 4.69) is 16.3 Å². The zero-order valence-corrected chi connectivity index (χ0v) is 12.6. The molecule has 0 amide bonds. The van der Waals surface area contributed by atoms with Crippen molar-refractivity contribution in [3.05, 3.63) is 22.4 Å². The van der Waals surface area contributed by atoms with E-state index >= 15 is 0 Å². The molecule has 0 bridgehead atoms. The van der Waals surface area contributed by atoms with Gasteiger partial charge in [0.25, 0.3) is 0 Å². The van der Waals surface area contributed by atoms with Crippen molar-refractivity contribution in [2.24, 2.45) is 5.92 Å². The molecule has 2 rings (SSSR count). The number of hydrogen-bond acceptors (Lipinski definition) is 5. The Morgan fingerprint density at radius 3 is 2.84 bits per heavy atom. The molecule has 0 aliphatic carbocycles. The molecule has 0 spiro atoms. The largest absolute Gasteiger partial charge is 0.395 e. The van der Waals surface area contributed by atoms with E-state index in [-0.39, 0.29) is 6.61 Å². The summed E-state index contributed by atoms with van der Waals surface area (Å²) < 4.78 is 22.8. The molecule has 0 saturated carbocycles. The Bertz CT molecular complexity index is 470. The number of hydrogen-bond donors (Lipinski definition) is 1. The lowest BCUT2D eigenvalue weighted by molar-refractivity contribution is 0.183. The molecule has 108 valence electrons. The number of aliphatic hydroxyl groups excluding tert-OH is 1. The molecule has 1 aromatic rings. The smallest absolute Gasteiger partial charge is 0.150 e. The minimum absolute atomic E-state index is 0.147. The van der Waals surface area contributed by atoms with Crippen LogP contribution in [0, 0.1) is 5.92 Å². The van der Waals surface area contributed by atoms with Gasteiger partial charge in [-0.15, -0.1) is 11.3 Å². The van der Waals surface area contributed by atoms with Crippen molar-refractivity contribution in [1.29, 1.82) is 0 Å². The molecule has 1 saturated heterocycles. The second-order valence-corrected chi connectivity index (χ2v) is 8.40. The van der Waals surface area contributed by atoms with E-state index in [1.165, 1.54) is 4.88 Å². The van der Waals surface area contributed by atoms with Crippen LogP contribution in [0.15, 0.2) is 17.5 Å². The van der Waals surface area contributed by atoms with Gasteiger partial charge >= 0.3 is 0 Å². The highest BCUT2D eigenvalue weighted by molar-refractivity contribution is 7.91. The monoisotopic (exact) mass is 303 g/mol. The summed E-state index contributed by atoms with van der Waals surface area (Å²) in [5, 5.41) is 11.2. The highest BCUT2D eigenvalue weighted by Gasteiger charge is 2.27. The van der Waals surface area contributed by atoms with Crippen LogP contribution in [0.2, 0.25) is 0 Å². The Morgan fingerprint density at radius 1 is 1.42 bits per heavy atom. The number of aliphatic hydroxyl groups is 1. The molecule has 0 aromatic carbocycles. The Hall–Kier alpha value is -0.430. The summed E-state index contributed by atoms with van der Waals surface area (Å²) in [7, 11) is -2.77. The maximum Gasteiger partial charge on any atom is 0.150 e. The molecule has 2 heterocycles. The minimum Gasteiger partial charge on any atom is -0.395 e. The molecule has 1 fully saturated rings. The fourth-order valence-corrected chi connectivity index (χ4v) is 5.16. The maximum atomic E-state index is 11.4. The van der Waals surface area contributed by atoms with E-state index in [0.29, 0.717) is 24.0 Å². The first kappa shape index (κ1) is 15.0. The lowest BCUT2D eigenvalue weighted by Crippen LogP contribution is -2.28. The topological polar surface area (TPSA) is 57.6 Å². The quantitative estimate of drug-likeness (QED) is 0.826. The summed E-state index contributed by atoms with van der Waals surface area (Å²) >= 11 is 1.72. The van der Waals surface area contributed by atoms with Crippen LogP contribution in [0.3, 0.4) is 0 Å². The SMILES string of the molecule is O=S1(=O)CCC(CCN(CCO)Cc2cccs2)C1. The van der Waals surface area contributed by atoms with Gasteiger partial charge in [0.15, 0.2) is 9.84 Å². The van der Waals surface area contributed by atoms with Crippen molar-refractivity contribution in [3.63, 3.8) is 0 Å². The molecular weight excluding hydrogens is 282 g/mol. The van der Waals surface area contributed by atoms with Gasteiger partial charge < -0.3 is 5.11 Å². The van der Waals surface area contributed by atoms with Crippen LogP contribution in [-0.2, 0) is 16.4 Å². The first-order chi connectivity index (χ1) is 9.09. The fraction of sp³-hybridized carbons (Fsp3) is 0.692. The molecular formula is C13H21NO3S2. The van der Waals surface area contributed by atoms with Crippen molar-refractivity contribution in [2.45, 2.75) is 19.4 Å². The average Bonchev–Trinajstić information content (AvgIpc) is 2.96. The summed E-state index contributed by atoms with van der Waals surface area (Å²) in [6, 6.07) is 4.12. The molecule has 1 aromatic heterocycles. The summed E-state index contributed by atoms with van der Waals surface area (Å²) in [5.41, 5.74) is 0. The lowest BCUT2D eigenvalue weighted by atomic mass is 10.1. The van der Waals surface area contributed by atoms with Crippen LogP contribution in [0.4, 0.5) is 0 Å². The molecule has 1 aliphatic heterocycles. The van der Waals surface area contributed by atoms with Gasteiger partial charge in [0.1, 0.15) is 0 Å². The number of rotatable bonds is 7. The zero-order chi connectivity index (χ0) is 13.7. The Labute approximate surface area is 119 Å². The molecule has 1 unspecified atom stereocenters. The van der Waals surface area contributed by atoms with Crippen LogP contribution >= 0.6 is 11.3 Å². The van der Waals surface area contributed by atoms with Gasteiger partial charge in [0.05, 0.1) is 18.1 Å². The maximum absolute atomic E-state index is 11.4. The summed E-state index contributed by atoms with van der Waals surface area (Å²) in [5.74, 6) is 0.996. The molecule has 0 radical (unpaired) electrons. The van der Waals surface area contributed by atoms with Crippen LogP contribution in [-0.4, -0.2) is 49.6 Å². The molecule has 1 atom stereocenters. The van der Waals surface area contributed by atoms with Crippen molar-refractivity contribution < 1.29 is 13.5 Å². The van der Waals surface area contributed by atoms with Crippen molar-refractivity contribution in [1.82, 2.24) is 4.90 Å². The third kappa shape index (κ3) is 4.87. The predicted molar refractivity (Wildman–Crippen MR) is 78.1 cm³/mol. The van der Waals surface area contributed by atoms with E-state index in [1.54, 1.807) is 11.3 Å². The average molecular weight is 303 g/mol. The van der Waals surface area contributed by atoms with Crippen LogP contribution in [0.25, 0.3) is 0 Å². The van der Waals surface area contributed by atoms with E-state index in [9.17, 15) is 8.42 Å². The summed E-state index contributed by atoms with van der Waals surface area (Å²) in [6.45, 7) is 2.50. The van der Waals surface area contributed by atoms with Crippen molar-refractivity contribution in [2.75, 3.05) is 31.2 Å². The Kier molecular flexibility index (Phi) is 5.38. The van der Waals surface area contributed by atoms with Gasteiger partial charge in [-0.2, -0.15) is 0 Å². The third-order valence-corrected chi connectivity index (χ3v) is 6.25. The molecule has 1 aliphatic rings. The second-order valence-electron chi connectivity index (χ2n) is 5.14. The molecule has 19 heavy (non-hydrogen) atoms. The molecule has 6 heteroatoms. The van der Waals surface area contributed by atoms with Gasteiger partial charge in [-0.25, -0.2) is 8.42 Å². The third-order valence-electron chi connectivity index (χ3n) is 3.56. The van der Waals surface area contributed by atoms with Crippen molar-refractivity contribution >= 4 is 21.2 Å². The molecule has 1 N–H and O–H groups in total. The Balaban J connectivity index is 1.80. The van der Waals surface area contributed by atoms with Crippen molar-refractivity contribution in [3.8, 4) is 0 Å². The van der Waals surface area contributed by atoms with Crippen LogP contribution in [0.5, 0.6) is 0 Å². The van der Waals surface area contributed by atoms with Gasteiger partial charge in [-0.05, 0) is 36.8 Å². The normalized spacial score (nSPS) is 22.1. The highest BCUT2D eigenvalue weighted by atomic mass is 32.2. The lowest BCUT2D eigenvalue weighted by Gasteiger charge is -2.22. The van der Waals surface area contributed by atoms with Crippen LogP contribution < -0.4 is 0 Å². The molecule has 4 nitrogen and oxygen atoms in total. The predicted octanol–water partition coefficient (Wildman–Crippen LogP) is 1.37. The fourth-order valence-electron chi connectivity index (χ4n) is 2.50. The van der Waals surface area contributed by atoms with Gasteiger partial charge in [-0.3, -0.25) is 4.90 Å². The van der Waals surface area contributed by atoms with Crippen LogP contribution in [0.1, 0.15) is 17.7 Å². The van der Waals surface area contributed by atoms with E-state index in [1.807, 2.05) is 6.07 Å². The summed E-state index contributed by atoms with van der Waals surface area (Å²) in [6.07, 6.45) is 1.71. The van der Waals surface area contributed by atoms with E-state index < -0.39 is 9.84 Å². The number of nitrogens with zero attached hydrogens (tertiary/aromatic N) is 1. The van der Waals surface area contributed by atoms with Gasteiger partial charge in [0.2, 0.25) is 0 Å². The first-order valence-electron chi connectivity index (χ1n) is 6.65. The number of thiophene rings is 1. The van der Waals surface area contributed by atoms with Gasteiger partial charge in [-0.1, -0.05) is 6.07 Å². The summed E-state index contributed by atoms with van der Waals surface area (Å²) in [4.78, 5) is 3.49. The Morgan fingerprint density at radius 2 is 2.26 bits per heavy atom. The minimum atomic E-state index is -2.77. The number of sulfone groups is 1. The highest BCUT2D eigenvalue weighted by Crippen LogP contribution is 2.22. The zero-order valence-electron chi connectivity index (χ0n) is 11.0. The first-order valence-corrected chi connectivity index (χ1v) is 9.35. The second kappa shape index (κ2) is 6.83. The standard InChI is InChI=1S/C13H21NO3S2/c15-7-6-14(10-13-2-1-8-18-13)5-3-12-4-9-19(16,17)11-12/h1-2,8,12,15H,3-7,9-11H2.